The van der Waals surface area contributed by atoms with Crippen LogP contribution in [-0.2, 0) is 0 Å². The third-order valence-corrected chi connectivity index (χ3v) is 11.3. The minimum atomic E-state index is -1.60. The molecule has 0 heterocycles. The third-order valence-electron chi connectivity index (χ3n) is 3.02. The number of benzene rings is 2. The summed E-state index contributed by atoms with van der Waals surface area (Å²) in [7, 11) is 0. The monoisotopic (exact) mass is 349 g/mol. The van der Waals surface area contributed by atoms with Crippen molar-refractivity contribution in [3.63, 3.8) is 0 Å². The van der Waals surface area contributed by atoms with Gasteiger partial charge >= 0.3 is 112 Å². The molecule has 2 rings (SSSR count). The third kappa shape index (κ3) is 4.14. The maximum absolute atomic E-state index is 2.33. The molecule has 95 valence electrons. The second-order valence-electron chi connectivity index (χ2n) is 4.31. The molecule has 0 aliphatic rings. The van der Waals surface area contributed by atoms with Crippen molar-refractivity contribution < 1.29 is 5.48 Å². The number of rotatable bonds is 5. The molecule has 2 aromatic carbocycles. The molecule has 0 fully saturated rings. The smallest absolute Gasteiger partial charge is 0.412 e. The van der Waals surface area contributed by atoms with Crippen molar-refractivity contribution in [3.8, 4) is 0 Å². The Kier molecular flexibility index (Phi) is 7.06. The zero-order chi connectivity index (χ0) is 11.9. The Labute approximate surface area is 117 Å². The molecule has 0 saturated heterocycles. The Balaban J connectivity index is 0.00000162. The van der Waals surface area contributed by atoms with Gasteiger partial charge in [0.2, 0.25) is 0 Å². The number of hydrogen-bond donors (Lipinski definition) is 0. The van der Waals surface area contributed by atoms with Gasteiger partial charge in [-0.3, -0.25) is 0 Å². The summed E-state index contributed by atoms with van der Waals surface area (Å²) in [4.78, 5) is 0. The van der Waals surface area contributed by atoms with Crippen molar-refractivity contribution in [2.75, 3.05) is 0 Å². The van der Waals surface area contributed by atoms with Gasteiger partial charge in [-0.1, -0.05) is 0 Å². The summed E-state index contributed by atoms with van der Waals surface area (Å²) >= 11 is -1.60. The van der Waals surface area contributed by atoms with Crippen LogP contribution < -0.4 is 7.16 Å². The fraction of sp³-hybridized carbons (Fsp3) is 0.250. The van der Waals surface area contributed by atoms with E-state index >= 15 is 0 Å². The topological polar surface area (TPSA) is 31.5 Å². The van der Waals surface area contributed by atoms with E-state index in [1.807, 2.05) is 0 Å². The summed E-state index contributed by atoms with van der Waals surface area (Å²) in [5, 5.41) is 0. The minimum Gasteiger partial charge on any atom is -0.412 e. The molecule has 0 aliphatic heterocycles. The summed E-state index contributed by atoms with van der Waals surface area (Å²) in [5.74, 6) is 0. The average molecular weight is 348 g/mol. The van der Waals surface area contributed by atoms with E-state index in [0.29, 0.717) is 0 Å². The molecule has 1 nitrogen and oxygen atoms in total. The Bertz CT molecular complexity index is 388. The Morgan fingerprint density at radius 2 is 1.22 bits per heavy atom. The Morgan fingerprint density at radius 3 is 1.61 bits per heavy atom. The zero-order valence-corrected chi connectivity index (χ0v) is 13.7. The molecule has 0 aromatic heterocycles. The van der Waals surface area contributed by atoms with E-state index in [1.54, 1.807) is 7.16 Å². The summed E-state index contributed by atoms with van der Waals surface area (Å²) < 4.78 is 4.70. The second kappa shape index (κ2) is 8.33. The summed E-state index contributed by atoms with van der Waals surface area (Å²) in [5.41, 5.74) is 0. The van der Waals surface area contributed by atoms with Gasteiger partial charge in [0.05, 0.1) is 0 Å². The first-order valence-electron chi connectivity index (χ1n) is 6.38. The van der Waals surface area contributed by atoms with Crippen LogP contribution in [0.3, 0.4) is 0 Å². The van der Waals surface area contributed by atoms with Gasteiger partial charge < -0.3 is 5.48 Å². The van der Waals surface area contributed by atoms with E-state index in [9.17, 15) is 0 Å². The Hall–Kier alpha value is -0.801. The molecule has 2 N–H and O–H groups in total. The van der Waals surface area contributed by atoms with Gasteiger partial charge in [0, 0.05) is 0 Å². The molecule has 0 unspecified atom stereocenters. The molecule has 18 heavy (non-hydrogen) atoms. The minimum absolute atomic E-state index is 0. The molecule has 0 amide bonds. The standard InChI is InChI=1S/2C6H5.C4H9.H2O.Sn/c2*1-2-4-6-5-3-1;1-3-4-2;;/h2*1-5H;1,3-4H2,2H3;1H2;. The molecule has 0 spiro atoms. The molecule has 2 aromatic rings. The van der Waals surface area contributed by atoms with Gasteiger partial charge in [0.25, 0.3) is 0 Å². The van der Waals surface area contributed by atoms with Crippen LogP contribution in [-0.4, -0.2) is 25.2 Å². The first-order valence-corrected chi connectivity index (χ1v) is 11.3. The van der Waals surface area contributed by atoms with Gasteiger partial charge in [-0.05, 0) is 0 Å². The van der Waals surface area contributed by atoms with Crippen LogP contribution in [0.1, 0.15) is 19.8 Å². The molecule has 0 aliphatic carbocycles. The summed E-state index contributed by atoms with van der Waals surface area (Å²) in [6.45, 7) is 2.29. The van der Waals surface area contributed by atoms with Crippen LogP contribution in [0.15, 0.2) is 60.7 Å². The summed E-state index contributed by atoms with van der Waals surface area (Å²) in [6.07, 6.45) is 2.68. The number of hydrogen-bond acceptors (Lipinski definition) is 0. The zero-order valence-electron chi connectivity index (χ0n) is 10.9. The van der Waals surface area contributed by atoms with Crippen LogP contribution >= 0.6 is 0 Å². The maximum atomic E-state index is 2.33. The van der Waals surface area contributed by atoms with Gasteiger partial charge in [-0.25, -0.2) is 0 Å². The maximum Gasteiger partial charge on any atom is -0.412 e. The normalized spacial score (nSPS) is 10.1. The molecule has 1 radical (unpaired) electrons. The molecular weight excluding hydrogens is 327 g/mol. The van der Waals surface area contributed by atoms with E-state index in [4.69, 9.17) is 0 Å². The van der Waals surface area contributed by atoms with Crippen molar-refractivity contribution in [3.05, 3.63) is 60.7 Å². The van der Waals surface area contributed by atoms with Gasteiger partial charge in [0.15, 0.2) is 0 Å². The van der Waals surface area contributed by atoms with E-state index in [0.717, 1.165) is 0 Å². The Morgan fingerprint density at radius 1 is 0.778 bits per heavy atom. The SMILES string of the molecule is CCC[CH2][Sn]([c]1ccccc1)[c]1ccccc1.O. The van der Waals surface area contributed by atoms with Crippen molar-refractivity contribution >= 4 is 26.9 Å². The van der Waals surface area contributed by atoms with Crippen molar-refractivity contribution in [1.29, 1.82) is 0 Å². The molecule has 0 saturated carbocycles. The van der Waals surface area contributed by atoms with Crippen molar-refractivity contribution in [1.82, 2.24) is 0 Å². The van der Waals surface area contributed by atoms with Gasteiger partial charge in [-0.2, -0.15) is 0 Å². The fourth-order valence-corrected chi connectivity index (χ4v) is 10.1. The quantitative estimate of drug-likeness (QED) is 0.743. The van der Waals surface area contributed by atoms with Gasteiger partial charge in [-0.15, -0.1) is 0 Å². The van der Waals surface area contributed by atoms with E-state index in [2.05, 4.69) is 67.6 Å². The van der Waals surface area contributed by atoms with E-state index in [-0.39, 0.29) is 5.48 Å². The van der Waals surface area contributed by atoms with Crippen molar-refractivity contribution in [2.45, 2.75) is 24.2 Å². The van der Waals surface area contributed by atoms with Crippen LogP contribution in [0, 0.1) is 0 Å². The van der Waals surface area contributed by atoms with Crippen LogP contribution in [0.4, 0.5) is 0 Å². The second-order valence-corrected chi connectivity index (χ2v) is 11.8. The fourth-order valence-electron chi connectivity index (χ4n) is 2.09. The molecule has 2 heteroatoms. The average Bonchev–Trinajstić information content (AvgIpc) is 2.42. The van der Waals surface area contributed by atoms with Crippen molar-refractivity contribution in [2.24, 2.45) is 0 Å². The van der Waals surface area contributed by atoms with Crippen LogP contribution in [0.25, 0.3) is 0 Å². The predicted molar refractivity (Wildman–Crippen MR) is 81.2 cm³/mol. The molecule has 0 bridgehead atoms. The molecular formula is C16H21OSn. The first kappa shape index (κ1) is 15.3. The van der Waals surface area contributed by atoms with Gasteiger partial charge in [0.1, 0.15) is 0 Å². The predicted octanol–water partition coefficient (Wildman–Crippen LogP) is 2.27. The van der Waals surface area contributed by atoms with E-state index < -0.39 is 19.8 Å². The van der Waals surface area contributed by atoms with E-state index in [1.165, 1.54) is 17.3 Å². The first-order chi connectivity index (χ1) is 8.42. The van der Waals surface area contributed by atoms with Crippen LogP contribution in [0.2, 0.25) is 4.44 Å². The summed E-state index contributed by atoms with van der Waals surface area (Å²) in [6, 6.07) is 22.3. The molecule has 0 atom stereocenters. The largest absolute Gasteiger partial charge is 0.412 e. The van der Waals surface area contributed by atoms with Crippen LogP contribution in [0.5, 0.6) is 0 Å². The number of unbranched alkanes of at least 4 members (excludes halogenated alkanes) is 1.